The average molecular weight is 379 g/mol. The average Bonchev–Trinajstić information content (AvgIpc) is 3.05. The van der Waals surface area contributed by atoms with Crippen molar-refractivity contribution in [3.63, 3.8) is 0 Å². The summed E-state index contributed by atoms with van der Waals surface area (Å²) in [7, 11) is 0. The molecule has 0 saturated heterocycles. The summed E-state index contributed by atoms with van der Waals surface area (Å²) in [5.41, 5.74) is 4.47. The molecule has 0 aliphatic rings. The van der Waals surface area contributed by atoms with Crippen LogP contribution in [0.5, 0.6) is 0 Å². The lowest BCUT2D eigenvalue weighted by Gasteiger charge is -2.10. The van der Waals surface area contributed by atoms with Gasteiger partial charge in [0.2, 0.25) is 11.8 Å². The third-order valence-corrected chi connectivity index (χ3v) is 4.90. The van der Waals surface area contributed by atoms with E-state index >= 15 is 0 Å². The number of carbonyl (C=O) groups excluding carboxylic acids is 2. The van der Waals surface area contributed by atoms with Crippen LogP contribution in [0.1, 0.15) is 22.4 Å². The Kier molecular flexibility index (Phi) is 5.98. The van der Waals surface area contributed by atoms with Crippen molar-refractivity contribution in [2.24, 2.45) is 0 Å². The SMILES string of the molecule is Cc1cccc(C)c1NC(=O)Cc1csc(NC(=O)Cc2ccccc2)n1. The van der Waals surface area contributed by atoms with Gasteiger partial charge in [-0.1, -0.05) is 48.5 Å². The van der Waals surface area contributed by atoms with Crippen LogP contribution in [0.15, 0.2) is 53.9 Å². The van der Waals surface area contributed by atoms with Crippen molar-refractivity contribution < 1.29 is 9.59 Å². The quantitative estimate of drug-likeness (QED) is 0.677. The van der Waals surface area contributed by atoms with E-state index < -0.39 is 0 Å². The first-order valence-corrected chi connectivity index (χ1v) is 9.53. The summed E-state index contributed by atoms with van der Waals surface area (Å²) in [6, 6.07) is 15.4. The molecule has 0 fully saturated rings. The van der Waals surface area contributed by atoms with Gasteiger partial charge in [0.25, 0.3) is 0 Å². The molecule has 1 aromatic heterocycles. The molecule has 3 aromatic rings. The van der Waals surface area contributed by atoms with Crippen LogP contribution in [0.25, 0.3) is 0 Å². The van der Waals surface area contributed by atoms with E-state index in [4.69, 9.17) is 0 Å². The van der Waals surface area contributed by atoms with Crippen LogP contribution < -0.4 is 10.6 Å². The van der Waals surface area contributed by atoms with Gasteiger partial charge in [-0.05, 0) is 30.5 Å². The Hall–Kier alpha value is -2.99. The van der Waals surface area contributed by atoms with E-state index in [-0.39, 0.29) is 18.2 Å². The molecule has 0 bridgehead atoms. The fraction of sp³-hybridized carbons (Fsp3) is 0.190. The number of aromatic nitrogens is 1. The fourth-order valence-electron chi connectivity index (χ4n) is 2.75. The Bertz CT molecular complexity index is 931. The van der Waals surface area contributed by atoms with Crippen LogP contribution in [0.2, 0.25) is 0 Å². The molecular formula is C21H21N3O2S. The number of carbonyl (C=O) groups is 2. The second kappa shape index (κ2) is 8.60. The number of thiazole rings is 1. The summed E-state index contributed by atoms with van der Waals surface area (Å²) in [4.78, 5) is 28.8. The molecule has 138 valence electrons. The van der Waals surface area contributed by atoms with Crippen LogP contribution in [0, 0.1) is 13.8 Å². The molecule has 0 aliphatic heterocycles. The van der Waals surface area contributed by atoms with Gasteiger partial charge in [-0.25, -0.2) is 4.98 Å². The molecule has 1 heterocycles. The van der Waals surface area contributed by atoms with Gasteiger partial charge in [0.15, 0.2) is 5.13 Å². The second-order valence-electron chi connectivity index (χ2n) is 6.35. The summed E-state index contributed by atoms with van der Waals surface area (Å²) in [5.74, 6) is -0.248. The first-order valence-electron chi connectivity index (χ1n) is 8.65. The van der Waals surface area contributed by atoms with Gasteiger partial charge in [0.05, 0.1) is 18.5 Å². The number of benzene rings is 2. The van der Waals surface area contributed by atoms with E-state index in [2.05, 4.69) is 15.6 Å². The molecule has 0 aliphatic carbocycles. The minimum atomic E-state index is -0.125. The summed E-state index contributed by atoms with van der Waals surface area (Å²) in [5, 5.41) is 8.04. The first kappa shape index (κ1) is 18.8. The number of hydrogen-bond acceptors (Lipinski definition) is 4. The maximum absolute atomic E-state index is 12.3. The third kappa shape index (κ3) is 5.24. The predicted octanol–water partition coefficient (Wildman–Crippen LogP) is 4.12. The molecule has 2 amide bonds. The lowest BCUT2D eigenvalue weighted by atomic mass is 10.1. The lowest BCUT2D eigenvalue weighted by Crippen LogP contribution is -2.17. The highest BCUT2D eigenvalue weighted by molar-refractivity contribution is 7.13. The highest BCUT2D eigenvalue weighted by atomic mass is 32.1. The van der Waals surface area contributed by atoms with Gasteiger partial charge in [0, 0.05) is 11.1 Å². The van der Waals surface area contributed by atoms with E-state index in [1.807, 2.05) is 62.4 Å². The summed E-state index contributed by atoms with van der Waals surface area (Å²) < 4.78 is 0. The number of hydrogen-bond donors (Lipinski definition) is 2. The monoisotopic (exact) mass is 379 g/mol. The molecule has 0 saturated carbocycles. The Morgan fingerprint density at radius 3 is 2.26 bits per heavy atom. The highest BCUT2D eigenvalue weighted by Gasteiger charge is 2.12. The van der Waals surface area contributed by atoms with E-state index in [1.54, 1.807) is 5.38 Å². The summed E-state index contributed by atoms with van der Waals surface area (Å²) in [6.07, 6.45) is 0.460. The smallest absolute Gasteiger partial charge is 0.230 e. The summed E-state index contributed by atoms with van der Waals surface area (Å²) >= 11 is 1.32. The van der Waals surface area contributed by atoms with Crippen LogP contribution in [0.4, 0.5) is 10.8 Å². The van der Waals surface area contributed by atoms with E-state index in [1.165, 1.54) is 11.3 Å². The minimum absolute atomic E-state index is 0.123. The normalized spacial score (nSPS) is 10.4. The van der Waals surface area contributed by atoms with Gasteiger partial charge in [0.1, 0.15) is 0 Å². The zero-order valence-electron chi connectivity index (χ0n) is 15.3. The van der Waals surface area contributed by atoms with Gasteiger partial charge >= 0.3 is 0 Å². The molecule has 27 heavy (non-hydrogen) atoms. The van der Waals surface area contributed by atoms with E-state index in [0.29, 0.717) is 17.2 Å². The standard InChI is InChI=1S/C21H21N3O2S/c1-14-7-6-8-15(2)20(14)23-19(26)12-17-13-27-21(22-17)24-18(25)11-16-9-4-3-5-10-16/h3-10,13H,11-12H2,1-2H3,(H,23,26)(H,22,24,25). The Morgan fingerprint density at radius 2 is 1.56 bits per heavy atom. The zero-order valence-corrected chi connectivity index (χ0v) is 16.1. The van der Waals surface area contributed by atoms with Crippen molar-refractivity contribution in [1.29, 1.82) is 0 Å². The molecule has 2 aromatic carbocycles. The van der Waals surface area contributed by atoms with Crippen molar-refractivity contribution in [2.45, 2.75) is 26.7 Å². The minimum Gasteiger partial charge on any atom is -0.325 e. The van der Waals surface area contributed by atoms with Crippen LogP contribution in [0.3, 0.4) is 0 Å². The van der Waals surface area contributed by atoms with Crippen molar-refractivity contribution >= 4 is 34.0 Å². The van der Waals surface area contributed by atoms with Crippen molar-refractivity contribution in [1.82, 2.24) is 4.98 Å². The van der Waals surface area contributed by atoms with Crippen molar-refractivity contribution in [3.05, 3.63) is 76.3 Å². The Balaban J connectivity index is 1.56. The van der Waals surface area contributed by atoms with E-state index in [0.717, 1.165) is 22.4 Å². The Labute approximate surface area is 162 Å². The van der Waals surface area contributed by atoms with Crippen molar-refractivity contribution in [3.8, 4) is 0 Å². The second-order valence-corrected chi connectivity index (χ2v) is 7.20. The topological polar surface area (TPSA) is 71.1 Å². The molecular weight excluding hydrogens is 358 g/mol. The number of anilines is 2. The number of amides is 2. The molecule has 6 heteroatoms. The zero-order chi connectivity index (χ0) is 19.2. The van der Waals surface area contributed by atoms with Crippen LogP contribution in [-0.4, -0.2) is 16.8 Å². The van der Waals surface area contributed by atoms with E-state index in [9.17, 15) is 9.59 Å². The molecule has 0 radical (unpaired) electrons. The highest BCUT2D eigenvalue weighted by Crippen LogP contribution is 2.21. The van der Waals surface area contributed by atoms with Crippen LogP contribution >= 0.6 is 11.3 Å². The lowest BCUT2D eigenvalue weighted by molar-refractivity contribution is -0.116. The molecule has 0 unspecified atom stereocenters. The van der Waals surface area contributed by atoms with Crippen molar-refractivity contribution in [2.75, 3.05) is 10.6 Å². The number of aryl methyl sites for hydroxylation is 2. The molecule has 2 N–H and O–H groups in total. The van der Waals surface area contributed by atoms with Crippen LogP contribution in [-0.2, 0) is 22.4 Å². The third-order valence-electron chi connectivity index (χ3n) is 4.09. The number of rotatable bonds is 6. The molecule has 5 nitrogen and oxygen atoms in total. The number of para-hydroxylation sites is 1. The van der Waals surface area contributed by atoms with Gasteiger partial charge < -0.3 is 10.6 Å². The maximum atomic E-state index is 12.3. The molecule has 3 rings (SSSR count). The Morgan fingerprint density at radius 1 is 0.889 bits per heavy atom. The number of nitrogens with one attached hydrogen (secondary N) is 2. The number of nitrogens with zero attached hydrogens (tertiary/aromatic N) is 1. The fourth-order valence-corrected chi connectivity index (χ4v) is 3.48. The molecule has 0 spiro atoms. The first-order chi connectivity index (χ1) is 13.0. The summed E-state index contributed by atoms with van der Waals surface area (Å²) in [6.45, 7) is 3.93. The predicted molar refractivity (Wildman–Crippen MR) is 109 cm³/mol. The molecule has 0 atom stereocenters. The van der Waals surface area contributed by atoms with Gasteiger partial charge in [-0.15, -0.1) is 11.3 Å². The van der Waals surface area contributed by atoms with Gasteiger partial charge in [-0.3, -0.25) is 9.59 Å². The maximum Gasteiger partial charge on any atom is 0.230 e. The largest absolute Gasteiger partial charge is 0.325 e. The van der Waals surface area contributed by atoms with Gasteiger partial charge in [-0.2, -0.15) is 0 Å².